The van der Waals surface area contributed by atoms with E-state index >= 15 is 0 Å². The van der Waals surface area contributed by atoms with Crippen molar-refractivity contribution in [3.63, 3.8) is 0 Å². The number of carbonyl (C=O) groups is 1. The number of pyridine rings is 1. The summed E-state index contributed by atoms with van der Waals surface area (Å²) in [7, 11) is 1.90. The third-order valence-electron chi connectivity index (χ3n) is 4.27. The number of nitrogens with zero attached hydrogens (tertiary/aromatic N) is 4. The fourth-order valence-electron chi connectivity index (χ4n) is 2.58. The molecular formula is C20H23N5OS. The van der Waals surface area contributed by atoms with Crippen LogP contribution >= 0.6 is 11.8 Å². The molecule has 0 unspecified atom stereocenters. The predicted octanol–water partition coefficient (Wildman–Crippen LogP) is 4.12. The number of thioether (sulfide) groups is 1. The van der Waals surface area contributed by atoms with Gasteiger partial charge in [-0.25, -0.2) is 0 Å². The maximum absolute atomic E-state index is 12.5. The van der Waals surface area contributed by atoms with Gasteiger partial charge >= 0.3 is 0 Å². The van der Waals surface area contributed by atoms with Gasteiger partial charge in [-0.2, -0.15) is 0 Å². The first-order chi connectivity index (χ1) is 13.0. The number of rotatable bonds is 6. The van der Waals surface area contributed by atoms with Gasteiger partial charge in [-0.15, -0.1) is 10.2 Å². The first kappa shape index (κ1) is 19.1. The Morgan fingerprint density at radius 2 is 1.70 bits per heavy atom. The average Bonchev–Trinajstić information content (AvgIpc) is 3.03. The van der Waals surface area contributed by atoms with Gasteiger partial charge in [0.1, 0.15) is 0 Å². The molecule has 1 atom stereocenters. The van der Waals surface area contributed by atoms with Crippen LogP contribution in [0.1, 0.15) is 32.3 Å². The fraction of sp³-hybridized carbons (Fsp3) is 0.300. The van der Waals surface area contributed by atoms with Crippen LogP contribution in [0.5, 0.6) is 0 Å². The number of nitrogens with one attached hydrogen (secondary N) is 1. The van der Waals surface area contributed by atoms with Crippen LogP contribution in [-0.4, -0.2) is 30.9 Å². The van der Waals surface area contributed by atoms with Crippen LogP contribution in [0, 0.1) is 0 Å². The largest absolute Gasteiger partial charge is 0.325 e. The van der Waals surface area contributed by atoms with E-state index in [1.807, 2.05) is 54.9 Å². The molecular weight excluding hydrogens is 358 g/mol. The van der Waals surface area contributed by atoms with E-state index < -0.39 is 0 Å². The number of hydrogen-bond donors (Lipinski definition) is 1. The lowest BCUT2D eigenvalue weighted by molar-refractivity contribution is -0.115. The molecule has 0 saturated heterocycles. The molecule has 0 saturated carbocycles. The molecule has 0 aliphatic heterocycles. The van der Waals surface area contributed by atoms with Crippen molar-refractivity contribution < 1.29 is 4.79 Å². The highest BCUT2D eigenvalue weighted by molar-refractivity contribution is 8.00. The number of anilines is 1. The van der Waals surface area contributed by atoms with Crippen molar-refractivity contribution in [2.75, 3.05) is 5.32 Å². The number of hydrogen-bond acceptors (Lipinski definition) is 5. The van der Waals surface area contributed by atoms with Crippen LogP contribution in [0.4, 0.5) is 5.69 Å². The Bertz CT molecular complexity index is 906. The van der Waals surface area contributed by atoms with Gasteiger partial charge in [0.15, 0.2) is 11.0 Å². The highest BCUT2D eigenvalue weighted by atomic mass is 32.2. The molecule has 1 amide bonds. The minimum Gasteiger partial charge on any atom is -0.325 e. The number of carbonyl (C=O) groups excluding carboxylic acids is 1. The number of aromatic nitrogens is 4. The zero-order chi connectivity index (χ0) is 19.4. The second kappa shape index (κ2) is 8.35. The molecule has 7 heteroatoms. The highest BCUT2D eigenvalue weighted by Gasteiger charge is 2.19. The third-order valence-corrected chi connectivity index (χ3v) is 5.40. The van der Waals surface area contributed by atoms with Crippen molar-refractivity contribution in [1.82, 2.24) is 19.7 Å². The molecule has 3 aromatic rings. The third kappa shape index (κ3) is 4.54. The fourth-order valence-corrected chi connectivity index (χ4v) is 3.39. The van der Waals surface area contributed by atoms with E-state index in [0.29, 0.717) is 11.1 Å². The maximum Gasteiger partial charge on any atom is 0.237 e. The summed E-state index contributed by atoms with van der Waals surface area (Å²) in [6.45, 7) is 6.16. The van der Waals surface area contributed by atoms with Crippen LogP contribution in [-0.2, 0) is 11.8 Å². The van der Waals surface area contributed by atoms with Gasteiger partial charge in [0.05, 0.1) is 5.25 Å². The molecule has 140 valence electrons. The van der Waals surface area contributed by atoms with Gasteiger partial charge in [0, 0.05) is 30.7 Å². The Morgan fingerprint density at radius 3 is 2.33 bits per heavy atom. The van der Waals surface area contributed by atoms with Crippen LogP contribution in [0.25, 0.3) is 11.4 Å². The molecule has 27 heavy (non-hydrogen) atoms. The Morgan fingerprint density at radius 1 is 1.04 bits per heavy atom. The quantitative estimate of drug-likeness (QED) is 0.650. The Balaban J connectivity index is 1.65. The summed E-state index contributed by atoms with van der Waals surface area (Å²) in [4.78, 5) is 16.5. The minimum atomic E-state index is -0.303. The maximum atomic E-state index is 12.5. The minimum absolute atomic E-state index is 0.0641. The van der Waals surface area contributed by atoms with E-state index in [4.69, 9.17) is 0 Å². The van der Waals surface area contributed by atoms with Crippen molar-refractivity contribution >= 4 is 23.4 Å². The number of benzene rings is 1. The lowest BCUT2D eigenvalue weighted by atomic mass is 10.0. The Hall–Kier alpha value is -2.67. The normalized spacial score (nSPS) is 12.2. The Kier molecular flexibility index (Phi) is 5.91. The average molecular weight is 382 g/mol. The van der Waals surface area contributed by atoms with Gasteiger partial charge < -0.3 is 9.88 Å². The van der Waals surface area contributed by atoms with E-state index in [1.165, 1.54) is 17.3 Å². The van der Waals surface area contributed by atoms with Gasteiger partial charge in [-0.05, 0) is 42.7 Å². The van der Waals surface area contributed by atoms with Crippen LogP contribution in [0.3, 0.4) is 0 Å². The topological polar surface area (TPSA) is 72.7 Å². The zero-order valence-corrected chi connectivity index (χ0v) is 16.7. The van der Waals surface area contributed by atoms with Crippen molar-refractivity contribution in [1.29, 1.82) is 0 Å². The van der Waals surface area contributed by atoms with Crippen LogP contribution in [0.2, 0.25) is 0 Å². The first-order valence-corrected chi connectivity index (χ1v) is 9.71. The highest BCUT2D eigenvalue weighted by Crippen LogP contribution is 2.26. The molecule has 0 spiro atoms. The summed E-state index contributed by atoms with van der Waals surface area (Å²) in [5.41, 5.74) is 2.99. The molecule has 0 bridgehead atoms. The van der Waals surface area contributed by atoms with Crippen LogP contribution < -0.4 is 5.32 Å². The summed E-state index contributed by atoms with van der Waals surface area (Å²) in [5, 5.41) is 11.8. The number of amides is 1. The molecule has 6 nitrogen and oxygen atoms in total. The van der Waals surface area contributed by atoms with Gasteiger partial charge in [0.2, 0.25) is 5.91 Å². The Labute approximate surface area is 163 Å². The van der Waals surface area contributed by atoms with Crippen molar-refractivity contribution in [3.05, 3.63) is 54.4 Å². The first-order valence-electron chi connectivity index (χ1n) is 8.83. The lowest BCUT2D eigenvalue weighted by Crippen LogP contribution is -2.22. The van der Waals surface area contributed by atoms with Crippen molar-refractivity contribution in [2.24, 2.45) is 7.05 Å². The summed E-state index contributed by atoms with van der Waals surface area (Å²) >= 11 is 1.38. The molecule has 0 aliphatic rings. The van der Waals surface area contributed by atoms with Crippen molar-refractivity contribution in [2.45, 2.75) is 37.1 Å². The molecule has 0 radical (unpaired) electrons. The summed E-state index contributed by atoms with van der Waals surface area (Å²) in [6.07, 6.45) is 3.44. The molecule has 0 aliphatic carbocycles. The summed E-state index contributed by atoms with van der Waals surface area (Å²) in [5.74, 6) is 1.15. The molecule has 1 aromatic carbocycles. The summed E-state index contributed by atoms with van der Waals surface area (Å²) in [6, 6.07) is 11.7. The molecule has 2 aromatic heterocycles. The van der Waals surface area contributed by atoms with E-state index in [0.717, 1.165) is 17.1 Å². The second-order valence-electron chi connectivity index (χ2n) is 6.63. The standard InChI is InChI=1S/C20H23N5OS/c1-13(2)15-5-7-17(8-6-15)22-19(26)14(3)27-20-24-23-18(25(20)4)16-9-11-21-12-10-16/h5-14H,1-4H3,(H,22,26)/t14-/m1/s1. The van der Waals surface area contributed by atoms with Gasteiger partial charge in [-0.3, -0.25) is 9.78 Å². The van der Waals surface area contributed by atoms with E-state index in [-0.39, 0.29) is 11.2 Å². The van der Waals surface area contributed by atoms with E-state index in [2.05, 4.69) is 34.3 Å². The molecule has 1 N–H and O–H groups in total. The smallest absolute Gasteiger partial charge is 0.237 e. The zero-order valence-electron chi connectivity index (χ0n) is 15.9. The lowest BCUT2D eigenvalue weighted by Gasteiger charge is -2.12. The molecule has 3 rings (SSSR count). The second-order valence-corrected chi connectivity index (χ2v) is 7.94. The van der Waals surface area contributed by atoms with E-state index in [9.17, 15) is 4.79 Å². The van der Waals surface area contributed by atoms with Gasteiger partial charge in [-0.1, -0.05) is 37.7 Å². The monoisotopic (exact) mass is 381 g/mol. The molecule has 0 fully saturated rings. The van der Waals surface area contributed by atoms with E-state index in [1.54, 1.807) is 12.4 Å². The van der Waals surface area contributed by atoms with Gasteiger partial charge in [0.25, 0.3) is 0 Å². The molecule has 2 heterocycles. The van der Waals surface area contributed by atoms with Crippen molar-refractivity contribution in [3.8, 4) is 11.4 Å². The SMILES string of the molecule is CC(C)c1ccc(NC(=O)[C@@H](C)Sc2nnc(-c3ccncc3)n2C)cc1. The van der Waals surface area contributed by atoms with Crippen LogP contribution in [0.15, 0.2) is 53.9 Å². The predicted molar refractivity (Wildman–Crippen MR) is 109 cm³/mol. The summed E-state index contributed by atoms with van der Waals surface area (Å²) < 4.78 is 1.89.